The van der Waals surface area contributed by atoms with Crippen molar-refractivity contribution >= 4 is 17.3 Å². The fraction of sp³-hybridized carbons (Fsp3) is 0.286. The molecule has 0 radical (unpaired) electrons. The molecule has 2 N–H and O–H groups in total. The summed E-state index contributed by atoms with van der Waals surface area (Å²) in [5.74, 6) is -2.74. The van der Waals surface area contributed by atoms with Gasteiger partial charge in [-0.15, -0.1) is 0 Å². The van der Waals surface area contributed by atoms with Crippen LogP contribution in [-0.4, -0.2) is 16.0 Å². The van der Waals surface area contributed by atoms with E-state index in [0.717, 1.165) is 12.1 Å². The van der Waals surface area contributed by atoms with E-state index in [1.807, 2.05) is 13.8 Å². The minimum absolute atomic E-state index is 0.159. The van der Waals surface area contributed by atoms with Crippen LogP contribution in [0.3, 0.4) is 0 Å². The summed E-state index contributed by atoms with van der Waals surface area (Å²) < 4.78 is 39.7. The molecule has 0 atom stereocenters. The van der Waals surface area contributed by atoms with Crippen molar-refractivity contribution in [3.8, 4) is 0 Å². The molecule has 1 aromatic heterocycles. The lowest BCUT2D eigenvalue weighted by Crippen LogP contribution is -2.12. The first-order valence-electron chi connectivity index (χ1n) is 6.39. The number of aromatic nitrogens is 2. The lowest BCUT2D eigenvalue weighted by atomic mass is 10.2. The number of aryl methyl sites for hydroxylation is 1. The maximum atomic E-state index is 13.6. The summed E-state index contributed by atoms with van der Waals surface area (Å²) in [5.41, 5.74) is -0.192. The molecular formula is C14H15F3N4. The van der Waals surface area contributed by atoms with Crippen molar-refractivity contribution in [1.29, 1.82) is 0 Å². The van der Waals surface area contributed by atoms with Gasteiger partial charge in [0.2, 0.25) is 0 Å². The average molecular weight is 296 g/mol. The van der Waals surface area contributed by atoms with Gasteiger partial charge >= 0.3 is 0 Å². The monoisotopic (exact) mass is 296 g/mol. The number of nitrogens with zero attached hydrogens (tertiary/aromatic N) is 2. The van der Waals surface area contributed by atoms with E-state index in [1.165, 1.54) is 0 Å². The predicted molar refractivity (Wildman–Crippen MR) is 75.1 cm³/mol. The third kappa shape index (κ3) is 3.62. The molecule has 0 aliphatic rings. The van der Waals surface area contributed by atoms with Gasteiger partial charge in [-0.3, -0.25) is 0 Å². The quantitative estimate of drug-likeness (QED) is 0.843. The summed E-state index contributed by atoms with van der Waals surface area (Å²) >= 11 is 0. The van der Waals surface area contributed by atoms with Gasteiger partial charge in [-0.05, 0) is 32.9 Å². The summed E-state index contributed by atoms with van der Waals surface area (Å²) in [4.78, 5) is 8.26. The van der Waals surface area contributed by atoms with Crippen molar-refractivity contribution < 1.29 is 13.2 Å². The Kier molecular flexibility index (Phi) is 4.30. The summed E-state index contributed by atoms with van der Waals surface area (Å²) in [6.45, 7) is 5.57. The highest BCUT2D eigenvalue weighted by Crippen LogP contribution is 2.23. The Morgan fingerprint density at radius 2 is 1.67 bits per heavy atom. The zero-order valence-corrected chi connectivity index (χ0v) is 11.8. The van der Waals surface area contributed by atoms with Crippen molar-refractivity contribution in [2.45, 2.75) is 26.8 Å². The maximum Gasteiger partial charge on any atom is 0.196 e. The van der Waals surface area contributed by atoms with E-state index in [1.54, 1.807) is 13.0 Å². The van der Waals surface area contributed by atoms with Gasteiger partial charge in [0.25, 0.3) is 0 Å². The van der Waals surface area contributed by atoms with Gasteiger partial charge in [0.05, 0.1) is 5.69 Å². The molecule has 4 nitrogen and oxygen atoms in total. The van der Waals surface area contributed by atoms with E-state index < -0.39 is 17.5 Å². The van der Waals surface area contributed by atoms with Crippen LogP contribution in [-0.2, 0) is 0 Å². The second-order valence-electron chi connectivity index (χ2n) is 4.83. The van der Waals surface area contributed by atoms with Crippen LogP contribution in [0.15, 0.2) is 18.2 Å². The Morgan fingerprint density at radius 3 is 2.33 bits per heavy atom. The second kappa shape index (κ2) is 5.99. The largest absolute Gasteiger partial charge is 0.368 e. The van der Waals surface area contributed by atoms with Crippen molar-refractivity contribution in [3.05, 3.63) is 41.5 Å². The SMILES string of the molecule is Cc1nc(Nc2ccc(F)c(F)c2F)cc(NC(C)C)n1. The van der Waals surface area contributed by atoms with Gasteiger partial charge in [-0.2, -0.15) is 0 Å². The van der Waals surface area contributed by atoms with E-state index in [2.05, 4.69) is 20.6 Å². The van der Waals surface area contributed by atoms with Crippen LogP contribution in [0.2, 0.25) is 0 Å². The van der Waals surface area contributed by atoms with Gasteiger partial charge < -0.3 is 10.6 Å². The number of anilines is 3. The zero-order valence-electron chi connectivity index (χ0n) is 11.8. The Morgan fingerprint density at radius 1 is 1.00 bits per heavy atom. The molecule has 1 aromatic carbocycles. The first-order valence-corrected chi connectivity index (χ1v) is 6.39. The highest BCUT2D eigenvalue weighted by atomic mass is 19.2. The summed E-state index contributed by atoms with van der Waals surface area (Å²) in [5, 5.41) is 5.71. The first-order chi connectivity index (χ1) is 9.86. The highest BCUT2D eigenvalue weighted by molar-refractivity contribution is 5.60. The third-order valence-electron chi connectivity index (χ3n) is 2.57. The molecule has 0 aliphatic heterocycles. The smallest absolute Gasteiger partial charge is 0.196 e. The van der Waals surface area contributed by atoms with Crippen LogP contribution in [0.5, 0.6) is 0 Å². The zero-order chi connectivity index (χ0) is 15.6. The number of hydrogen-bond donors (Lipinski definition) is 2. The van der Waals surface area contributed by atoms with Crippen molar-refractivity contribution in [1.82, 2.24) is 9.97 Å². The minimum Gasteiger partial charge on any atom is -0.368 e. The van der Waals surface area contributed by atoms with Gasteiger partial charge in [0.1, 0.15) is 17.5 Å². The molecule has 112 valence electrons. The van der Waals surface area contributed by atoms with Crippen LogP contribution in [0, 0.1) is 24.4 Å². The van der Waals surface area contributed by atoms with Crippen molar-refractivity contribution in [3.63, 3.8) is 0 Å². The lowest BCUT2D eigenvalue weighted by molar-refractivity contribution is 0.449. The molecule has 0 spiro atoms. The molecule has 1 heterocycles. The Labute approximate surface area is 120 Å². The number of hydrogen-bond acceptors (Lipinski definition) is 4. The van der Waals surface area contributed by atoms with Crippen molar-refractivity contribution in [2.24, 2.45) is 0 Å². The summed E-state index contributed by atoms with van der Waals surface area (Å²) in [7, 11) is 0. The second-order valence-corrected chi connectivity index (χ2v) is 4.83. The third-order valence-corrected chi connectivity index (χ3v) is 2.57. The number of nitrogens with one attached hydrogen (secondary N) is 2. The Hall–Kier alpha value is -2.31. The number of benzene rings is 1. The Bertz CT molecular complexity index is 659. The van der Waals surface area contributed by atoms with Crippen LogP contribution < -0.4 is 10.6 Å². The fourth-order valence-electron chi connectivity index (χ4n) is 1.76. The van der Waals surface area contributed by atoms with E-state index in [9.17, 15) is 13.2 Å². The minimum atomic E-state index is -1.52. The maximum absolute atomic E-state index is 13.6. The molecule has 0 fully saturated rings. The standard InChI is InChI=1S/C14H15F3N4/c1-7(2)18-11-6-12(20-8(3)19-11)21-10-5-4-9(15)13(16)14(10)17/h4-7H,1-3H3,(H2,18,19,20,21). The predicted octanol–water partition coefficient (Wildman–Crippen LogP) is 3.77. The highest BCUT2D eigenvalue weighted by Gasteiger charge is 2.14. The van der Waals surface area contributed by atoms with Gasteiger partial charge in [0.15, 0.2) is 17.5 Å². The summed E-state index contributed by atoms with van der Waals surface area (Å²) in [6, 6.07) is 3.68. The molecular weight excluding hydrogens is 281 g/mol. The molecule has 0 amide bonds. The molecule has 2 aromatic rings. The molecule has 0 bridgehead atoms. The topological polar surface area (TPSA) is 49.8 Å². The van der Waals surface area contributed by atoms with Gasteiger partial charge in [-0.25, -0.2) is 23.1 Å². The molecule has 0 saturated carbocycles. The normalized spacial score (nSPS) is 10.8. The van der Waals surface area contributed by atoms with Gasteiger partial charge in [-0.1, -0.05) is 0 Å². The van der Waals surface area contributed by atoms with Gasteiger partial charge in [0, 0.05) is 12.1 Å². The molecule has 0 saturated heterocycles. The van der Waals surface area contributed by atoms with Crippen LogP contribution in [0.1, 0.15) is 19.7 Å². The number of rotatable bonds is 4. The Balaban J connectivity index is 2.31. The molecule has 0 aliphatic carbocycles. The molecule has 2 rings (SSSR count). The van der Waals surface area contributed by atoms with Crippen molar-refractivity contribution in [2.75, 3.05) is 10.6 Å². The molecule has 0 unspecified atom stereocenters. The molecule has 7 heteroatoms. The van der Waals surface area contributed by atoms with E-state index in [-0.39, 0.29) is 17.5 Å². The summed E-state index contributed by atoms with van der Waals surface area (Å²) in [6.07, 6.45) is 0. The number of halogens is 3. The van der Waals surface area contributed by atoms with Crippen LogP contribution >= 0.6 is 0 Å². The lowest BCUT2D eigenvalue weighted by Gasteiger charge is -2.12. The van der Waals surface area contributed by atoms with E-state index in [4.69, 9.17) is 0 Å². The average Bonchev–Trinajstić information content (AvgIpc) is 2.38. The van der Waals surface area contributed by atoms with Crippen LogP contribution in [0.25, 0.3) is 0 Å². The molecule has 21 heavy (non-hydrogen) atoms. The fourth-order valence-corrected chi connectivity index (χ4v) is 1.76. The van der Waals surface area contributed by atoms with E-state index in [0.29, 0.717) is 11.6 Å². The van der Waals surface area contributed by atoms with E-state index >= 15 is 0 Å². The van der Waals surface area contributed by atoms with Crippen LogP contribution in [0.4, 0.5) is 30.5 Å². The first kappa shape index (κ1) is 15.1.